The van der Waals surface area contributed by atoms with Gasteiger partial charge in [0.05, 0.1) is 18.8 Å². The summed E-state index contributed by atoms with van der Waals surface area (Å²) in [5, 5.41) is 11.6. The second kappa shape index (κ2) is 6.23. The molecule has 0 aromatic heterocycles. The summed E-state index contributed by atoms with van der Waals surface area (Å²) in [6.45, 7) is 2.84. The van der Waals surface area contributed by atoms with Gasteiger partial charge in [-0.15, -0.1) is 0 Å². The number of carboxylic acids is 1. The van der Waals surface area contributed by atoms with E-state index in [4.69, 9.17) is 9.84 Å². The molecule has 0 radical (unpaired) electrons. The van der Waals surface area contributed by atoms with Crippen LogP contribution in [-0.4, -0.2) is 53.3 Å². The molecule has 1 heterocycles. The van der Waals surface area contributed by atoms with Gasteiger partial charge in [-0.1, -0.05) is 19.8 Å². The molecule has 2 rings (SSSR count). The first-order chi connectivity index (χ1) is 9.13. The molecule has 1 aliphatic heterocycles. The first-order valence-corrected chi connectivity index (χ1v) is 7.05. The minimum Gasteiger partial charge on any atom is -0.480 e. The lowest BCUT2D eigenvalue weighted by Crippen LogP contribution is -2.59. The van der Waals surface area contributed by atoms with Gasteiger partial charge in [0.2, 0.25) is 0 Å². The monoisotopic (exact) mass is 270 g/mol. The third-order valence-corrected chi connectivity index (χ3v) is 4.00. The van der Waals surface area contributed by atoms with Gasteiger partial charge in [0.15, 0.2) is 0 Å². The van der Waals surface area contributed by atoms with Gasteiger partial charge in [-0.25, -0.2) is 9.59 Å². The maximum Gasteiger partial charge on any atom is 0.326 e. The van der Waals surface area contributed by atoms with Crippen LogP contribution in [0.5, 0.6) is 0 Å². The normalized spacial score (nSPS) is 28.4. The van der Waals surface area contributed by atoms with Crippen LogP contribution >= 0.6 is 0 Å². The Morgan fingerprint density at radius 3 is 2.84 bits per heavy atom. The average molecular weight is 270 g/mol. The quantitative estimate of drug-likeness (QED) is 0.807. The molecule has 19 heavy (non-hydrogen) atoms. The number of morpholine rings is 1. The van der Waals surface area contributed by atoms with Crippen LogP contribution in [0.25, 0.3) is 0 Å². The van der Waals surface area contributed by atoms with Gasteiger partial charge in [-0.2, -0.15) is 0 Å². The maximum absolute atomic E-state index is 12.2. The topological polar surface area (TPSA) is 78.9 Å². The SMILES string of the molecule is CC[C@@H](NC(=O)N1CCOC2CCCCC21)C(=O)O. The molecule has 3 atom stereocenters. The number of rotatable bonds is 3. The summed E-state index contributed by atoms with van der Waals surface area (Å²) in [4.78, 5) is 25.0. The summed E-state index contributed by atoms with van der Waals surface area (Å²) < 4.78 is 5.70. The first-order valence-electron chi connectivity index (χ1n) is 7.05. The Morgan fingerprint density at radius 1 is 1.42 bits per heavy atom. The Hall–Kier alpha value is -1.30. The highest BCUT2D eigenvalue weighted by atomic mass is 16.5. The van der Waals surface area contributed by atoms with Crippen LogP contribution in [0.1, 0.15) is 39.0 Å². The van der Waals surface area contributed by atoms with Gasteiger partial charge in [0, 0.05) is 6.54 Å². The van der Waals surface area contributed by atoms with Gasteiger partial charge in [-0.05, 0) is 19.3 Å². The van der Waals surface area contributed by atoms with E-state index in [9.17, 15) is 9.59 Å². The van der Waals surface area contributed by atoms with Crippen molar-refractivity contribution in [3.8, 4) is 0 Å². The molecule has 2 unspecified atom stereocenters. The van der Waals surface area contributed by atoms with Crippen molar-refractivity contribution in [2.75, 3.05) is 13.2 Å². The smallest absolute Gasteiger partial charge is 0.326 e. The third-order valence-electron chi connectivity index (χ3n) is 4.00. The number of aliphatic carboxylic acids is 1. The van der Waals surface area contributed by atoms with Gasteiger partial charge >= 0.3 is 12.0 Å². The van der Waals surface area contributed by atoms with E-state index in [1.165, 1.54) is 0 Å². The predicted molar refractivity (Wildman–Crippen MR) is 68.9 cm³/mol. The van der Waals surface area contributed by atoms with E-state index in [1.54, 1.807) is 11.8 Å². The first kappa shape index (κ1) is 14.1. The van der Waals surface area contributed by atoms with Crippen LogP contribution in [0, 0.1) is 0 Å². The number of fused-ring (bicyclic) bond motifs is 1. The zero-order valence-corrected chi connectivity index (χ0v) is 11.3. The second-order valence-corrected chi connectivity index (χ2v) is 5.20. The Balaban J connectivity index is 1.98. The van der Waals surface area contributed by atoms with Crippen LogP contribution in [0.2, 0.25) is 0 Å². The maximum atomic E-state index is 12.2. The highest BCUT2D eigenvalue weighted by molar-refractivity contribution is 5.82. The largest absolute Gasteiger partial charge is 0.480 e. The van der Waals surface area contributed by atoms with Crippen molar-refractivity contribution in [3.63, 3.8) is 0 Å². The Kier molecular flexibility index (Phi) is 4.63. The van der Waals surface area contributed by atoms with Crippen molar-refractivity contribution in [1.82, 2.24) is 10.2 Å². The zero-order chi connectivity index (χ0) is 13.8. The van der Waals surface area contributed by atoms with E-state index in [0.29, 0.717) is 19.6 Å². The predicted octanol–water partition coefficient (Wildman–Crippen LogP) is 1.20. The molecule has 1 aliphatic carbocycles. The van der Waals surface area contributed by atoms with Crippen LogP contribution in [0.15, 0.2) is 0 Å². The van der Waals surface area contributed by atoms with E-state index in [-0.39, 0.29) is 18.2 Å². The van der Waals surface area contributed by atoms with Crippen LogP contribution in [-0.2, 0) is 9.53 Å². The minimum absolute atomic E-state index is 0.105. The van der Waals surface area contributed by atoms with Crippen molar-refractivity contribution in [1.29, 1.82) is 0 Å². The minimum atomic E-state index is -0.982. The molecule has 1 saturated heterocycles. The van der Waals surface area contributed by atoms with E-state index < -0.39 is 12.0 Å². The third kappa shape index (κ3) is 3.18. The van der Waals surface area contributed by atoms with Gasteiger partial charge in [0.1, 0.15) is 6.04 Å². The molecule has 2 amide bonds. The molecule has 0 aromatic carbocycles. The lowest BCUT2D eigenvalue weighted by atomic mass is 9.90. The number of carboxylic acid groups (broad SMARTS) is 1. The summed E-state index contributed by atoms with van der Waals surface area (Å²) >= 11 is 0. The highest BCUT2D eigenvalue weighted by Crippen LogP contribution is 2.28. The van der Waals surface area contributed by atoms with Gasteiger partial charge in [-0.3, -0.25) is 0 Å². The van der Waals surface area contributed by atoms with Crippen molar-refractivity contribution < 1.29 is 19.4 Å². The molecule has 2 fully saturated rings. The standard InChI is InChI=1S/C13H22N2O4/c1-2-9(12(16)17)14-13(18)15-7-8-19-11-6-4-3-5-10(11)15/h9-11H,2-8H2,1H3,(H,14,18)(H,16,17)/t9-,10?,11?/m1/s1. The zero-order valence-electron chi connectivity index (χ0n) is 11.3. The van der Waals surface area contributed by atoms with Crippen molar-refractivity contribution >= 4 is 12.0 Å². The number of hydrogen-bond donors (Lipinski definition) is 2. The number of nitrogens with one attached hydrogen (secondary N) is 1. The molecule has 1 saturated carbocycles. The fraction of sp³-hybridized carbons (Fsp3) is 0.846. The van der Waals surface area contributed by atoms with Gasteiger partial charge in [0.25, 0.3) is 0 Å². The summed E-state index contributed by atoms with van der Waals surface area (Å²) in [5.74, 6) is -0.982. The van der Waals surface area contributed by atoms with Crippen LogP contribution in [0.3, 0.4) is 0 Å². The number of nitrogens with zero attached hydrogens (tertiary/aromatic N) is 1. The van der Waals surface area contributed by atoms with Gasteiger partial charge < -0.3 is 20.1 Å². The number of carbonyl (C=O) groups excluding carboxylic acids is 1. The summed E-state index contributed by atoms with van der Waals surface area (Å²) in [6, 6.07) is -0.972. The number of carbonyl (C=O) groups is 2. The lowest BCUT2D eigenvalue weighted by molar-refractivity contribution is -0.139. The number of urea groups is 1. The molecule has 108 valence electrons. The summed E-state index contributed by atoms with van der Waals surface area (Å²) in [5.41, 5.74) is 0. The number of hydrogen-bond acceptors (Lipinski definition) is 3. The van der Waals surface area contributed by atoms with Crippen molar-refractivity contribution in [3.05, 3.63) is 0 Å². The Labute approximate surface area is 113 Å². The van der Waals surface area contributed by atoms with E-state index in [0.717, 1.165) is 25.7 Å². The Morgan fingerprint density at radius 2 is 2.16 bits per heavy atom. The molecule has 0 spiro atoms. The second-order valence-electron chi connectivity index (χ2n) is 5.20. The van der Waals surface area contributed by atoms with Crippen molar-refractivity contribution in [2.24, 2.45) is 0 Å². The molecular formula is C13H22N2O4. The van der Waals surface area contributed by atoms with Crippen LogP contribution < -0.4 is 5.32 Å². The van der Waals surface area contributed by atoms with E-state index >= 15 is 0 Å². The van der Waals surface area contributed by atoms with E-state index in [2.05, 4.69) is 5.32 Å². The number of amides is 2. The van der Waals surface area contributed by atoms with Crippen molar-refractivity contribution in [2.45, 2.75) is 57.2 Å². The molecule has 0 bridgehead atoms. The molecule has 2 N–H and O–H groups in total. The summed E-state index contributed by atoms with van der Waals surface area (Å²) in [7, 11) is 0. The highest BCUT2D eigenvalue weighted by Gasteiger charge is 2.37. The Bertz CT molecular complexity index is 346. The number of ether oxygens (including phenoxy) is 1. The average Bonchev–Trinajstić information content (AvgIpc) is 2.43. The summed E-state index contributed by atoms with van der Waals surface area (Å²) in [6.07, 6.45) is 4.69. The molecular weight excluding hydrogens is 248 g/mol. The molecule has 2 aliphatic rings. The lowest BCUT2D eigenvalue weighted by Gasteiger charge is -2.43. The fourth-order valence-corrected chi connectivity index (χ4v) is 2.92. The molecule has 6 heteroatoms. The molecule has 0 aromatic rings. The van der Waals surface area contributed by atoms with Crippen LogP contribution in [0.4, 0.5) is 4.79 Å². The molecule has 6 nitrogen and oxygen atoms in total. The van der Waals surface area contributed by atoms with E-state index in [1.807, 2.05) is 0 Å². The fourth-order valence-electron chi connectivity index (χ4n) is 2.92.